The molecule has 0 fully saturated rings. The van der Waals surface area contributed by atoms with Gasteiger partial charge in [0, 0.05) is 17.6 Å². The molecule has 0 aliphatic heterocycles. The fourth-order valence-electron chi connectivity index (χ4n) is 1.65. The number of rotatable bonds is 3. The number of carboxylic acid groups (broad SMARTS) is 1. The molecule has 3 aromatic rings. The van der Waals surface area contributed by atoms with Gasteiger partial charge in [-0.15, -0.1) is 11.3 Å². The Bertz CT molecular complexity index is 828. The first-order valence-electron chi connectivity index (χ1n) is 5.64. The minimum atomic E-state index is -1.05. The molecule has 3 heterocycles. The van der Waals surface area contributed by atoms with Crippen molar-refractivity contribution in [2.75, 3.05) is 0 Å². The Morgan fingerprint density at radius 2 is 2.14 bits per heavy atom. The Labute approximate surface area is 132 Å². The Balaban J connectivity index is 1.97. The molecule has 0 aliphatic carbocycles. The van der Waals surface area contributed by atoms with Gasteiger partial charge in [-0.05, 0) is 6.07 Å². The third-order valence-corrected chi connectivity index (χ3v) is 3.96. The average molecular weight is 341 g/mol. The van der Waals surface area contributed by atoms with E-state index in [1.165, 1.54) is 29.9 Å². The SMILES string of the molecule is O=C(O)c1coc(-c2csc(-c3ncc(Cl)cc3Cl)n2)c1. The number of furan rings is 1. The molecule has 0 amide bonds. The maximum atomic E-state index is 10.8. The van der Waals surface area contributed by atoms with Crippen LogP contribution >= 0.6 is 34.5 Å². The molecule has 0 bridgehead atoms. The van der Waals surface area contributed by atoms with Gasteiger partial charge in [0.25, 0.3) is 0 Å². The summed E-state index contributed by atoms with van der Waals surface area (Å²) in [6.45, 7) is 0. The van der Waals surface area contributed by atoms with Gasteiger partial charge in [-0.25, -0.2) is 9.78 Å². The van der Waals surface area contributed by atoms with E-state index in [9.17, 15) is 4.79 Å². The summed E-state index contributed by atoms with van der Waals surface area (Å²) >= 11 is 13.2. The third-order valence-electron chi connectivity index (χ3n) is 2.61. The fraction of sp³-hybridized carbons (Fsp3) is 0. The highest BCUT2D eigenvalue weighted by atomic mass is 35.5. The zero-order chi connectivity index (χ0) is 15.0. The standard InChI is InChI=1S/C13H6Cl2N2O3S/c14-7-2-8(15)11(16-3-7)12-17-9(5-21-12)10-1-6(4-20-10)13(18)19/h1-5H,(H,18,19). The molecular weight excluding hydrogens is 335 g/mol. The van der Waals surface area contributed by atoms with Crippen LogP contribution in [0, 0.1) is 0 Å². The molecule has 1 N–H and O–H groups in total. The first-order chi connectivity index (χ1) is 10.0. The van der Waals surface area contributed by atoms with Gasteiger partial charge in [0.15, 0.2) is 5.76 Å². The second-order valence-electron chi connectivity index (χ2n) is 4.03. The first-order valence-corrected chi connectivity index (χ1v) is 7.27. The van der Waals surface area contributed by atoms with Crippen molar-refractivity contribution in [2.45, 2.75) is 0 Å². The van der Waals surface area contributed by atoms with E-state index in [-0.39, 0.29) is 5.56 Å². The molecule has 8 heteroatoms. The van der Waals surface area contributed by atoms with Crippen LogP contribution < -0.4 is 0 Å². The molecule has 0 atom stereocenters. The predicted molar refractivity (Wildman–Crippen MR) is 80.0 cm³/mol. The highest BCUT2D eigenvalue weighted by Gasteiger charge is 2.15. The van der Waals surface area contributed by atoms with Gasteiger partial charge in [-0.1, -0.05) is 23.2 Å². The molecule has 0 aliphatic rings. The molecule has 0 saturated carbocycles. The summed E-state index contributed by atoms with van der Waals surface area (Å²) in [6.07, 6.45) is 2.66. The lowest BCUT2D eigenvalue weighted by Gasteiger charge is -1.99. The normalized spacial score (nSPS) is 10.8. The molecular formula is C13H6Cl2N2O3S. The van der Waals surface area contributed by atoms with E-state index >= 15 is 0 Å². The molecule has 0 spiro atoms. The molecule has 0 aromatic carbocycles. The van der Waals surface area contributed by atoms with Crippen LogP contribution in [0.1, 0.15) is 10.4 Å². The van der Waals surface area contributed by atoms with Crippen LogP contribution in [0.2, 0.25) is 10.0 Å². The maximum absolute atomic E-state index is 10.8. The Morgan fingerprint density at radius 3 is 2.81 bits per heavy atom. The minimum absolute atomic E-state index is 0.0715. The highest BCUT2D eigenvalue weighted by Crippen LogP contribution is 2.33. The average Bonchev–Trinajstić information content (AvgIpc) is 3.07. The second-order valence-corrected chi connectivity index (χ2v) is 5.73. The maximum Gasteiger partial charge on any atom is 0.338 e. The molecule has 0 saturated heterocycles. The van der Waals surface area contributed by atoms with Crippen molar-refractivity contribution in [3.05, 3.63) is 45.6 Å². The highest BCUT2D eigenvalue weighted by molar-refractivity contribution is 7.13. The first kappa shape index (κ1) is 14.1. The van der Waals surface area contributed by atoms with E-state index < -0.39 is 5.97 Å². The van der Waals surface area contributed by atoms with E-state index in [0.717, 1.165) is 0 Å². The number of halogens is 2. The third kappa shape index (κ3) is 2.78. The molecule has 21 heavy (non-hydrogen) atoms. The topological polar surface area (TPSA) is 76.2 Å². The summed E-state index contributed by atoms with van der Waals surface area (Å²) in [5, 5.41) is 12.1. The lowest BCUT2D eigenvalue weighted by atomic mass is 10.3. The van der Waals surface area contributed by atoms with Gasteiger partial charge in [-0.3, -0.25) is 4.98 Å². The summed E-state index contributed by atoms with van der Waals surface area (Å²) in [6, 6.07) is 3.00. The van der Waals surface area contributed by atoms with Crippen LogP contribution in [-0.4, -0.2) is 21.0 Å². The van der Waals surface area contributed by atoms with Gasteiger partial charge < -0.3 is 9.52 Å². The number of thiazole rings is 1. The van der Waals surface area contributed by atoms with E-state index in [0.29, 0.717) is 32.2 Å². The van der Waals surface area contributed by atoms with Crippen molar-refractivity contribution < 1.29 is 14.3 Å². The quantitative estimate of drug-likeness (QED) is 0.761. The summed E-state index contributed by atoms with van der Waals surface area (Å²) in [7, 11) is 0. The Kier molecular flexibility index (Phi) is 3.67. The number of carboxylic acids is 1. The molecule has 0 radical (unpaired) electrons. The van der Waals surface area contributed by atoms with Crippen molar-refractivity contribution in [1.29, 1.82) is 0 Å². The Hall–Kier alpha value is -1.89. The van der Waals surface area contributed by atoms with Gasteiger partial charge in [0.2, 0.25) is 0 Å². The van der Waals surface area contributed by atoms with Crippen molar-refractivity contribution in [1.82, 2.24) is 9.97 Å². The predicted octanol–water partition coefficient (Wildman–Crippen LogP) is 4.47. The van der Waals surface area contributed by atoms with Gasteiger partial charge >= 0.3 is 5.97 Å². The van der Waals surface area contributed by atoms with Crippen molar-refractivity contribution in [2.24, 2.45) is 0 Å². The minimum Gasteiger partial charge on any atom is -0.478 e. The summed E-state index contributed by atoms with van der Waals surface area (Å²) in [4.78, 5) is 19.3. The molecule has 5 nitrogen and oxygen atoms in total. The van der Waals surface area contributed by atoms with Crippen LogP contribution in [0.15, 0.2) is 34.4 Å². The number of aromatic nitrogens is 2. The summed E-state index contributed by atoms with van der Waals surface area (Å²) < 4.78 is 5.20. The van der Waals surface area contributed by atoms with E-state index in [1.807, 2.05) is 0 Å². The van der Waals surface area contributed by atoms with Gasteiger partial charge in [0.05, 0.1) is 15.6 Å². The zero-order valence-electron chi connectivity index (χ0n) is 10.2. The van der Waals surface area contributed by atoms with E-state index in [2.05, 4.69) is 9.97 Å². The van der Waals surface area contributed by atoms with Crippen molar-refractivity contribution >= 4 is 40.5 Å². The molecule has 106 valence electrons. The zero-order valence-corrected chi connectivity index (χ0v) is 12.5. The second kappa shape index (κ2) is 5.48. The number of hydrogen-bond acceptors (Lipinski definition) is 5. The number of nitrogens with zero attached hydrogens (tertiary/aromatic N) is 2. The van der Waals surface area contributed by atoms with Gasteiger partial charge in [-0.2, -0.15) is 0 Å². The number of carbonyl (C=O) groups is 1. The monoisotopic (exact) mass is 340 g/mol. The summed E-state index contributed by atoms with van der Waals surface area (Å²) in [5.41, 5.74) is 1.11. The van der Waals surface area contributed by atoms with Crippen molar-refractivity contribution in [3.8, 4) is 22.2 Å². The van der Waals surface area contributed by atoms with E-state index in [1.54, 1.807) is 11.4 Å². The molecule has 0 unspecified atom stereocenters. The van der Waals surface area contributed by atoms with Crippen LogP contribution in [0.4, 0.5) is 0 Å². The number of hydrogen-bond donors (Lipinski definition) is 1. The van der Waals surface area contributed by atoms with Crippen molar-refractivity contribution in [3.63, 3.8) is 0 Å². The van der Waals surface area contributed by atoms with Gasteiger partial charge in [0.1, 0.15) is 22.7 Å². The lowest BCUT2D eigenvalue weighted by molar-refractivity contribution is 0.0696. The number of aromatic carboxylic acids is 1. The van der Waals surface area contributed by atoms with Crippen LogP contribution in [0.5, 0.6) is 0 Å². The smallest absolute Gasteiger partial charge is 0.338 e. The fourth-order valence-corrected chi connectivity index (χ4v) is 2.99. The van der Waals surface area contributed by atoms with Crippen LogP contribution in [-0.2, 0) is 0 Å². The Morgan fingerprint density at radius 1 is 1.33 bits per heavy atom. The lowest BCUT2D eigenvalue weighted by Crippen LogP contribution is -1.91. The van der Waals surface area contributed by atoms with E-state index in [4.69, 9.17) is 32.7 Å². The molecule has 3 rings (SSSR count). The van der Waals surface area contributed by atoms with Crippen LogP contribution in [0.25, 0.3) is 22.2 Å². The van der Waals surface area contributed by atoms with Crippen LogP contribution in [0.3, 0.4) is 0 Å². The molecule has 3 aromatic heterocycles. The number of pyridine rings is 1. The largest absolute Gasteiger partial charge is 0.478 e. The summed E-state index contributed by atoms with van der Waals surface area (Å²) in [5.74, 6) is -0.678.